The number of aromatic hydroxyl groups is 1. The van der Waals surface area contributed by atoms with E-state index in [9.17, 15) is 24.9 Å². The van der Waals surface area contributed by atoms with Crippen molar-refractivity contribution in [3.8, 4) is 11.5 Å². The van der Waals surface area contributed by atoms with Gasteiger partial charge in [0, 0.05) is 24.5 Å². The van der Waals surface area contributed by atoms with E-state index < -0.39 is 42.3 Å². The number of aliphatic hydroxyl groups excluding tert-OH is 2. The number of ketones is 1. The standard InChI is InChI=1S/C19H22O8/c1-9-4-3-5-12(20)17(23)14(22)8-15-18(27-15)11-6-10(25-2)7-13(21)16(11)19(24)26-9/h3,5-7,9,14-15,17-18,21-23H,4,8H2,1-2H3/b5-3+/t9-,14+,15-,17+,18-/m0/s1. The fourth-order valence-electron chi connectivity index (χ4n) is 3.10. The van der Waals surface area contributed by atoms with Crippen molar-refractivity contribution < 1.29 is 39.1 Å². The number of phenolic OH excluding ortho intramolecular Hbond substituents is 1. The number of ether oxygens (including phenoxy) is 3. The second kappa shape index (κ2) is 7.67. The number of epoxide rings is 1. The average molecular weight is 378 g/mol. The molecule has 3 N–H and O–H groups in total. The van der Waals surface area contributed by atoms with Gasteiger partial charge in [-0.05, 0) is 19.1 Å². The van der Waals surface area contributed by atoms with Crippen LogP contribution in [-0.4, -0.2) is 58.6 Å². The van der Waals surface area contributed by atoms with Crippen molar-refractivity contribution in [1.29, 1.82) is 0 Å². The first-order chi connectivity index (χ1) is 12.8. The van der Waals surface area contributed by atoms with Gasteiger partial charge in [0.2, 0.25) is 0 Å². The number of fused-ring (bicyclic) bond motifs is 3. The molecule has 1 fully saturated rings. The molecule has 0 amide bonds. The smallest absolute Gasteiger partial charge is 0.342 e. The molecule has 0 aliphatic carbocycles. The zero-order chi connectivity index (χ0) is 19.7. The summed E-state index contributed by atoms with van der Waals surface area (Å²) in [5.41, 5.74) is 0.344. The fraction of sp³-hybridized carbons (Fsp3) is 0.474. The van der Waals surface area contributed by atoms with Crippen molar-refractivity contribution in [3.63, 3.8) is 0 Å². The highest BCUT2D eigenvalue weighted by Crippen LogP contribution is 2.46. The zero-order valence-corrected chi connectivity index (χ0v) is 15.0. The number of esters is 1. The Kier molecular flexibility index (Phi) is 5.50. The second-order valence-electron chi connectivity index (χ2n) is 6.71. The first kappa shape index (κ1) is 19.3. The predicted molar refractivity (Wildman–Crippen MR) is 92.5 cm³/mol. The molecule has 0 radical (unpaired) electrons. The van der Waals surface area contributed by atoms with Crippen molar-refractivity contribution >= 4 is 11.8 Å². The molecule has 2 aliphatic rings. The van der Waals surface area contributed by atoms with Crippen LogP contribution in [0, 0.1) is 0 Å². The number of hydrogen-bond acceptors (Lipinski definition) is 8. The van der Waals surface area contributed by atoms with Crippen LogP contribution < -0.4 is 4.74 Å². The summed E-state index contributed by atoms with van der Waals surface area (Å²) in [5, 5.41) is 30.4. The van der Waals surface area contributed by atoms with Gasteiger partial charge in [0.25, 0.3) is 0 Å². The summed E-state index contributed by atoms with van der Waals surface area (Å²) in [6, 6.07) is 2.87. The maximum atomic E-state index is 12.6. The Balaban J connectivity index is 1.98. The lowest BCUT2D eigenvalue weighted by atomic mass is 9.97. The maximum absolute atomic E-state index is 12.6. The molecule has 1 aromatic rings. The van der Waals surface area contributed by atoms with Gasteiger partial charge >= 0.3 is 5.97 Å². The van der Waals surface area contributed by atoms with Crippen LogP contribution in [0.3, 0.4) is 0 Å². The Labute approximate surface area is 156 Å². The largest absolute Gasteiger partial charge is 0.507 e. The van der Waals surface area contributed by atoms with Gasteiger partial charge in [-0.2, -0.15) is 0 Å². The number of aliphatic hydroxyl groups is 2. The molecule has 0 saturated carbocycles. The number of phenols is 1. The van der Waals surface area contributed by atoms with E-state index in [1.807, 2.05) is 0 Å². The minimum Gasteiger partial charge on any atom is -0.507 e. The summed E-state index contributed by atoms with van der Waals surface area (Å²) >= 11 is 0. The highest BCUT2D eigenvalue weighted by Gasteiger charge is 2.46. The number of hydrogen-bond donors (Lipinski definition) is 3. The van der Waals surface area contributed by atoms with Crippen LogP contribution in [-0.2, 0) is 14.3 Å². The highest BCUT2D eigenvalue weighted by molar-refractivity contribution is 5.95. The van der Waals surface area contributed by atoms with Gasteiger partial charge in [-0.15, -0.1) is 0 Å². The van der Waals surface area contributed by atoms with E-state index in [1.54, 1.807) is 13.0 Å². The third-order valence-electron chi connectivity index (χ3n) is 4.64. The number of carbonyl (C=O) groups is 2. The number of rotatable bonds is 1. The number of benzene rings is 1. The molecule has 8 heteroatoms. The van der Waals surface area contributed by atoms with Crippen LogP contribution in [0.25, 0.3) is 0 Å². The highest BCUT2D eigenvalue weighted by atomic mass is 16.6. The van der Waals surface area contributed by atoms with Crippen molar-refractivity contribution in [3.05, 3.63) is 35.4 Å². The first-order valence-electron chi connectivity index (χ1n) is 8.65. The molecular weight excluding hydrogens is 356 g/mol. The lowest BCUT2D eigenvalue weighted by Crippen LogP contribution is -2.34. The quantitative estimate of drug-likeness (QED) is 0.489. The summed E-state index contributed by atoms with van der Waals surface area (Å²) in [6.45, 7) is 1.64. The third-order valence-corrected chi connectivity index (χ3v) is 4.64. The molecule has 0 bridgehead atoms. The Morgan fingerprint density at radius 1 is 1.22 bits per heavy atom. The number of carbonyl (C=O) groups excluding carboxylic acids is 2. The maximum Gasteiger partial charge on any atom is 0.342 e. The van der Waals surface area contributed by atoms with Crippen molar-refractivity contribution in [2.45, 2.75) is 50.3 Å². The molecule has 1 aromatic carbocycles. The fourth-order valence-corrected chi connectivity index (χ4v) is 3.10. The van der Waals surface area contributed by atoms with Crippen molar-refractivity contribution in [2.75, 3.05) is 7.11 Å². The molecule has 0 unspecified atom stereocenters. The minimum absolute atomic E-state index is 0.00568. The van der Waals surface area contributed by atoms with Crippen LogP contribution in [0.1, 0.15) is 41.8 Å². The zero-order valence-electron chi connectivity index (χ0n) is 15.0. The molecule has 5 atom stereocenters. The topological polar surface area (TPSA) is 126 Å². The SMILES string of the molecule is COc1cc(O)c2c(c1)[C@@H]1O[C@H]1C[C@@H](O)[C@H](O)C(=O)/C=C/C[C@H](C)OC2=O. The lowest BCUT2D eigenvalue weighted by molar-refractivity contribution is -0.128. The number of methoxy groups -OCH3 is 1. The van der Waals surface area contributed by atoms with Gasteiger partial charge in [-0.3, -0.25) is 4.79 Å². The van der Waals surface area contributed by atoms with Gasteiger partial charge in [0.1, 0.15) is 35.4 Å². The third kappa shape index (κ3) is 4.13. The van der Waals surface area contributed by atoms with Gasteiger partial charge in [-0.25, -0.2) is 4.79 Å². The molecule has 0 spiro atoms. The average Bonchev–Trinajstić information content (AvgIpc) is 3.38. The molecule has 2 heterocycles. The molecule has 146 valence electrons. The molecule has 2 aliphatic heterocycles. The Hall–Kier alpha value is -2.42. The van der Waals surface area contributed by atoms with Crippen LogP contribution >= 0.6 is 0 Å². The summed E-state index contributed by atoms with van der Waals surface area (Å²) in [5.74, 6) is -1.31. The minimum atomic E-state index is -1.56. The van der Waals surface area contributed by atoms with E-state index in [0.29, 0.717) is 11.3 Å². The van der Waals surface area contributed by atoms with E-state index in [4.69, 9.17) is 14.2 Å². The summed E-state index contributed by atoms with van der Waals surface area (Å²) in [6.07, 6.45) is -1.72. The van der Waals surface area contributed by atoms with E-state index >= 15 is 0 Å². The van der Waals surface area contributed by atoms with Crippen LogP contribution in [0.4, 0.5) is 0 Å². The van der Waals surface area contributed by atoms with Gasteiger partial charge < -0.3 is 29.5 Å². The molecule has 0 aromatic heterocycles. The van der Waals surface area contributed by atoms with Gasteiger partial charge in [-0.1, -0.05) is 6.08 Å². The van der Waals surface area contributed by atoms with Gasteiger partial charge in [0.15, 0.2) is 5.78 Å². The van der Waals surface area contributed by atoms with Crippen LogP contribution in [0.2, 0.25) is 0 Å². The van der Waals surface area contributed by atoms with E-state index in [2.05, 4.69) is 0 Å². The van der Waals surface area contributed by atoms with Crippen LogP contribution in [0.5, 0.6) is 11.5 Å². The summed E-state index contributed by atoms with van der Waals surface area (Å²) < 4.78 is 16.0. The van der Waals surface area contributed by atoms with Crippen molar-refractivity contribution in [1.82, 2.24) is 0 Å². The van der Waals surface area contributed by atoms with Crippen LogP contribution in [0.15, 0.2) is 24.3 Å². The van der Waals surface area contributed by atoms with E-state index in [-0.39, 0.29) is 24.2 Å². The molecule has 3 rings (SSSR count). The Morgan fingerprint density at radius 3 is 2.67 bits per heavy atom. The summed E-state index contributed by atoms with van der Waals surface area (Å²) in [4.78, 5) is 24.5. The summed E-state index contributed by atoms with van der Waals surface area (Å²) in [7, 11) is 1.42. The molecule has 1 saturated heterocycles. The first-order valence-corrected chi connectivity index (χ1v) is 8.65. The van der Waals surface area contributed by atoms with E-state index in [1.165, 1.54) is 19.3 Å². The molecular formula is C19H22O8. The van der Waals surface area contributed by atoms with Crippen molar-refractivity contribution in [2.24, 2.45) is 0 Å². The molecule has 8 nitrogen and oxygen atoms in total. The Bertz CT molecular complexity index is 771. The Morgan fingerprint density at radius 2 is 1.96 bits per heavy atom. The predicted octanol–water partition coefficient (Wildman–Crippen LogP) is 1.03. The van der Waals surface area contributed by atoms with E-state index in [0.717, 1.165) is 6.08 Å². The molecule has 27 heavy (non-hydrogen) atoms. The monoisotopic (exact) mass is 378 g/mol. The second-order valence-corrected chi connectivity index (χ2v) is 6.71. The lowest BCUT2D eigenvalue weighted by Gasteiger charge is -2.17. The van der Waals surface area contributed by atoms with Gasteiger partial charge in [0.05, 0.1) is 19.3 Å². The number of cyclic esters (lactones) is 1. The normalized spacial score (nSPS) is 32.5.